The lowest BCUT2D eigenvalue weighted by molar-refractivity contribution is -0.0308. The fourth-order valence-corrected chi connectivity index (χ4v) is 2.09. The zero-order chi connectivity index (χ0) is 9.64. The Bertz CT molecular complexity index is 178. The quantitative estimate of drug-likeness (QED) is 0.752. The summed E-state index contributed by atoms with van der Waals surface area (Å²) in [7, 11) is 0. The summed E-state index contributed by atoms with van der Waals surface area (Å²) in [6.45, 7) is 1.18. The molecule has 1 atom stereocenters. The van der Waals surface area contributed by atoms with Crippen molar-refractivity contribution in [3.8, 4) is 0 Å². The van der Waals surface area contributed by atoms with Crippen LogP contribution in [-0.4, -0.2) is 18.9 Å². The Morgan fingerprint density at radius 3 is 2.79 bits per heavy atom. The first-order chi connectivity index (χ1) is 6.95. The van der Waals surface area contributed by atoms with Gasteiger partial charge in [0.1, 0.15) is 12.5 Å². The number of ether oxygens (including phenoxy) is 2. The molecule has 1 saturated heterocycles. The minimum Gasteiger partial charge on any atom is -0.459 e. The van der Waals surface area contributed by atoms with Crippen molar-refractivity contribution in [3.05, 3.63) is 12.5 Å². The van der Waals surface area contributed by atoms with Crippen molar-refractivity contribution < 1.29 is 9.47 Å². The van der Waals surface area contributed by atoms with Crippen LogP contribution in [0.5, 0.6) is 0 Å². The normalized spacial score (nSPS) is 28.1. The molecule has 2 aliphatic rings. The molecule has 0 amide bonds. The van der Waals surface area contributed by atoms with E-state index in [4.69, 9.17) is 9.47 Å². The average Bonchev–Trinajstić information content (AvgIpc) is 2.58. The van der Waals surface area contributed by atoms with Gasteiger partial charge >= 0.3 is 0 Å². The second-order valence-electron chi connectivity index (χ2n) is 4.05. The van der Waals surface area contributed by atoms with E-state index in [0.717, 1.165) is 12.8 Å². The molecule has 0 aromatic heterocycles. The summed E-state index contributed by atoms with van der Waals surface area (Å²) in [5.74, 6) is 0. The number of hydrogen-bond acceptors (Lipinski definition) is 3. The van der Waals surface area contributed by atoms with Gasteiger partial charge < -0.3 is 14.8 Å². The number of nitrogens with one attached hydrogen (secondary N) is 1. The lowest BCUT2D eigenvalue weighted by Crippen LogP contribution is -2.29. The van der Waals surface area contributed by atoms with E-state index >= 15 is 0 Å². The Morgan fingerprint density at radius 1 is 1.07 bits per heavy atom. The van der Waals surface area contributed by atoms with Gasteiger partial charge in [-0.25, -0.2) is 0 Å². The highest BCUT2D eigenvalue weighted by Gasteiger charge is 2.17. The number of hydrogen-bond donors (Lipinski definition) is 1. The molecule has 0 aromatic carbocycles. The maximum Gasteiger partial charge on any atom is 0.239 e. The lowest BCUT2D eigenvalue weighted by Gasteiger charge is -2.17. The molecule has 0 spiro atoms. The molecule has 2 aliphatic heterocycles. The van der Waals surface area contributed by atoms with Gasteiger partial charge in [-0.05, 0) is 25.8 Å². The minimum absolute atomic E-state index is 0.0277. The van der Waals surface area contributed by atoms with E-state index in [-0.39, 0.29) is 6.29 Å². The fourth-order valence-electron chi connectivity index (χ4n) is 2.09. The molecular formula is C11H19NO2. The van der Waals surface area contributed by atoms with Gasteiger partial charge in [-0.2, -0.15) is 0 Å². The van der Waals surface area contributed by atoms with Crippen molar-refractivity contribution in [1.29, 1.82) is 0 Å². The maximum atomic E-state index is 5.24. The Balaban J connectivity index is 1.63. The van der Waals surface area contributed by atoms with Crippen LogP contribution in [0.4, 0.5) is 0 Å². The van der Waals surface area contributed by atoms with Crippen LogP contribution < -0.4 is 5.32 Å². The van der Waals surface area contributed by atoms with Crippen molar-refractivity contribution in [2.24, 2.45) is 0 Å². The SMILES string of the molecule is C1=COC(CCC2CCCCCN2)O1. The lowest BCUT2D eigenvalue weighted by atomic mass is 10.1. The van der Waals surface area contributed by atoms with E-state index < -0.39 is 0 Å². The summed E-state index contributed by atoms with van der Waals surface area (Å²) in [6.07, 6.45) is 10.8. The summed E-state index contributed by atoms with van der Waals surface area (Å²) < 4.78 is 10.5. The topological polar surface area (TPSA) is 30.5 Å². The largest absolute Gasteiger partial charge is 0.459 e. The maximum absolute atomic E-state index is 5.24. The third-order valence-corrected chi connectivity index (χ3v) is 2.93. The van der Waals surface area contributed by atoms with Crippen molar-refractivity contribution in [2.75, 3.05) is 6.54 Å². The highest BCUT2D eigenvalue weighted by atomic mass is 16.7. The van der Waals surface area contributed by atoms with Crippen LogP contribution in [0, 0.1) is 0 Å². The summed E-state index contributed by atoms with van der Waals surface area (Å²) in [6, 6.07) is 0.672. The van der Waals surface area contributed by atoms with Gasteiger partial charge in [-0.15, -0.1) is 0 Å². The monoisotopic (exact) mass is 197 g/mol. The van der Waals surface area contributed by atoms with Gasteiger partial charge in [0.25, 0.3) is 0 Å². The molecule has 0 aromatic rings. The first-order valence-electron chi connectivity index (χ1n) is 5.64. The van der Waals surface area contributed by atoms with Crippen molar-refractivity contribution in [3.63, 3.8) is 0 Å². The van der Waals surface area contributed by atoms with E-state index in [1.165, 1.54) is 32.2 Å². The van der Waals surface area contributed by atoms with Gasteiger partial charge in [-0.1, -0.05) is 12.8 Å². The molecule has 1 N–H and O–H groups in total. The average molecular weight is 197 g/mol. The standard InChI is InChI=1S/C11H19NO2/c1-2-4-10(12-7-3-1)5-6-11-13-8-9-14-11/h8-12H,1-7H2. The molecular weight excluding hydrogens is 178 g/mol. The van der Waals surface area contributed by atoms with Crippen LogP contribution in [0.3, 0.4) is 0 Å². The van der Waals surface area contributed by atoms with Crippen LogP contribution in [0.2, 0.25) is 0 Å². The summed E-state index contributed by atoms with van der Waals surface area (Å²) in [4.78, 5) is 0. The van der Waals surface area contributed by atoms with E-state index in [0.29, 0.717) is 6.04 Å². The molecule has 3 nitrogen and oxygen atoms in total. The molecule has 0 saturated carbocycles. The number of rotatable bonds is 3. The van der Waals surface area contributed by atoms with Gasteiger partial charge in [0.2, 0.25) is 6.29 Å². The Kier molecular flexibility index (Phi) is 3.69. The molecule has 0 aliphatic carbocycles. The Labute approximate surface area is 85.5 Å². The fraction of sp³-hybridized carbons (Fsp3) is 0.818. The zero-order valence-electron chi connectivity index (χ0n) is 8.58. The summed E-state index contributed by atoms with van der Waals surface area (Å²) in [5, 5.41) is 3.57. The predicted octanol–water partition coefficient (Wildman–Crippen LogP) is 2.14. The van der Waals surface area contributed by atoms with E-state index in [2.05, 4.69) is 5.32 Å². The second kappa shape index (κ2) is 5.25. The Hall–Kier alpha value is -0.700. The third-order valence-electron chi connectivity index (χ3n) is 2.93. The van der Waals surface area contributed by atoms with Crippen LogP contribution in [0.15, 0.2) is 12.5 Å². The first-order valence-corrected chi connectivity index (χ1v) is 5.64. The summed E-state index contributed by atoms with van der Waals surface area (Å²) >= 11 is 0. The van der Waals surface area contributed by atoms with Gasteiger partial charge in [-0.3, -0.25) is 0 Å². The van der Waals surface area contributed by atoms with Crippen LogP contribution in [0.1, 0.15) is 38.5 Å². The van der Waals surface area contributed by atoms with E-state index in [1.54, 1.807) is 12.5 Å². The second-order valence-corrected chi connectivity index (χ2v) is 4.05. The molecule has 0 radical (unpaired) electrons. The van der Waals surface area contributed by atoms with Crippen molar-refractivity contribution >= 4 is 0 Å². The van der Waals surface area contributed by atoms with Crippen molar-refractivity contribution in [1.82, 2.24) is 5.32 Å². The molecule has 2 rings (SSSR count). The predicted molar refractivity (Wildman–Crippen MR) is 54.6 cm³/mol. The molecule has 14 heavy (non-hydrogen) atoms. The molecule has 80 valence electrons. The minimum atomic E-state index is -0.0277. The first kappa shape index (κ1) is 9.84. The smallest absolute Gasteiger partial charge is 0.239 e. The highest BCUT2D eigenvalue weighted by molar-refractivity contribution is 4.75. The third kappa shape index (κ3) is 2.91. The molecule has 3 heteroatoms. The van der Waals surface area contributed by atoms with Crippen LogP contribution in [-0.2, 0) is 9.47 Å². The van der Waals surface area contributed by atoms with Crippen molar-refractivity contribution in [2.45, 2.75) is 50.9 Å². The van der Waals surface area contributed by atoms with Gasteiger partial charge in [0.05, 0.1) is 0 Å². The molecule has 2 heterocycles. The summed E-state index contributed by atoms with van der Waals surface area (Å²) in [5.41, 5.74) is 0. The van der Waals surface area contributed by atoms with E-state index in [9.17, 15) is 0 Å². The van der Waals surface area contributed by atoms with Crippen LogP contribution in [0.25, 0.3) is 0 Å². The molecule has 1 fully saturated rings. The van der Waals surface area contributed by atoms with Gasteiger partial charge in [0.15, 0.2) is 0 Å². The molecule has 0 bridgehead atoms. The Morgan fingerprint density at radius 2 is 1.93 bits per heavy atom. The zero-order valence-corrected chi connectivity index (χ0v) is 8.58. The van der Waals surface area contributed by atoms with Gasteiger partial charge in [0, 0.05) is 12.5 Å². The molecule has 1 unspecified atom stereocenters. The van der Waals surface area contributed by atoms with E-state index in [1.807, 2.05) is 0 Å². The van der Waals surface area contributed by atoms with Crippen LogP contribution >= 0.6 is 0 Å². The highest BCUT2D eigenvalue weighted by Crippen LogP contribution is 2.17.